The Kier molecular flexibility index (Phi) is 2.25. The van der Waals surface area contributed by atoms with Crippen LogP contribution in [0.3, 0.4) is 0 Å². The Bertz CT molecular complexity index is 854. The number of hydrogen-bond donors (Lipinski definition) is 2. The molecule has 1 aromatic rings. The highest BCUT2D eigenvalue weighted by atomic mass is 16.5. The zero-order valence-corrected chi connectivity index (χ0v) is 14.3. The topological polar surface area (TPSA) is 79.2 Å². The molecule has 25 heavy (non-hydrogen) atoms. The number of aliphatic hydroxyl groups excluding tert-OH is 1. The van der Waals surface area contributed by atoms with E-state index >= 15 is 0 Å². The molecule has 1 saturated heterocycles. The fraction of sp³-hybridized carbons (Fsp3) is 0.632. The number of fused-ring (bicyclic) bond motifs is 1. The molecule has 2 saturated carbocycles. The Morgan fingerprint density at radius 1 is 1.40 bits per heavy atom. The summed E-state index contributed by atoms with van der Waals surface area (Å²) < 4.78 is 11.6. The largest absolute Gasteiger partial charge is 0.493 e. The van der Waals surface area contributed by atoms with E-state index in [9.17, 15) is 15.0 Å². The molecule has 2 heterocycles. The number of ether oxygens (including phenoxy) is 2. The Labute approximate surface area is 145 Å². The van der Waals surface area contributed by atoms with Crippen LogP contribution in [0.5, 0.6) is 11.5 Å². The lowest BCUT2D eigenvalue weighted by Gasteiger charge is -2.57. The number of hydrogen-bond acceptors (Lipinski definition) is 6. The van der Waals surface area contributed by atoms with Gasteiger partial charge in [0.2, 0.25) is 0 Å². The molecule has 6 nitrogen and oxygen atoms in total. The Morgan fingerprint density at radius 3 is 2.92 bits per heavy atom. The van der Waals surface area contributed by atoms with E-state index in [4.69, 9.17) is 9.47 Å². The van der Waals surface area contributed by atoms with Crippen molar-refractivity contribution in [3.63, 3.8) is 0 Å². The molecule has 3 fully saturated rings. The number of benzene rings is 1. The van der Waals surface area contributed by atoms with Crippen LogP contribution in [-0.2, 0) is 16.6 Å². The van der Waals surface area contributed by atoms with E-state index < -0.39 is 23.2 Å². The molecule has 0 radical (unpaired) electrons. The van der Waals surface area contributed by atoms with Crippen molar-refractivity contribution in [2.75, 3.05) is 20.7 Å². The zero-order chi connectivity index (χ0) is 17.4. The molecule has 2 spiro atoms. The first-order valence-electron chi connectivity index (χ1n) is 8.89. The van der Waals surface area contributed by atoms with Gasteiger partial charge < -0.3 is 19.7 Å². The summed E-state index contributed by atoms with van der Waals surface area (Å²) in [5.74, 6) is 1.06. The highest BCUT2D eigenvalue weighted by Crippen LogP contribution is 2.74. The van der Waals surface area contributed by atoms with E-state index in [-0.39, 0.29) is 23.7 Å². The lowest BCUT2D eigenvalue weighted by Crippen LogP contribution is -2.75. The Balaban J connectivity index is 1.73. The minimum atomic E-state index is -1.37. The molecule has 2 N–H and O–H groups in total. The van der Waals surface area contributed by atoms with Crippen LogP contribution < -0.4 is 9.47 Å². The van der Waals surface area contributed by atoms with Crippen LogP contribution in [0.4, 0.5) is 0 Å². The van der Waals surface area contributed by atoms with Gasteiger partial charge in [-0.05, 0) is 31.5 Å². The summed E-state index contributed by atoms with van der Waals surface area (Å²) in [6, 6.07) is 3.78. The van der Waals surface area contributed by atoms with E-state index in [0.29, 0.717) is 17.9 Å². The van der Waals surface area contributed by atoms with E-state index in [1.165, 1.54) is 0 Å². The number of carbonyl (C=O) groups excluding carboxylic acids is 1. The molecule has 132 valence electrons. The van der Waals surface area contributed by atoms with Crippen LogP contribution in [0.25, 0.3) is 0 Å². The predicted octanol–water partition coefficient (Wildman–Crippen LogP) is 0.0190. The molecule has 1 aromatic carbocycles. The third-order valence-corrected chi connectivity index (χ3v) is 7.64. The molecule has 6 unspecified atom stereocenters. The van der Waals surface area contributed by atoms with Crippen LogP contribution >= 0.6 is 0 Å². The number of likely N-dealkylation sites (tertiary alicyclic amines) is 1. The average Bonchev–Trinajstić information content (AvgIpc) is 2.98. The number of likely N-dealkylation sites (N-methyl/N-ethyl adjacent to an activating group) is 1. The van der Waals surface area contributed by atoms with E-state index in [0.717, 1.165) is 24.1 Å². The van der Waals surface area contributed by atoms with Gasteiger partial charge in [0.25, 0.3) is 0 Å². The van der Waals surface area contributed by atoms with Gasteiger partial charge in [-0.15, -0.1) is 0 Å². The SMILES string of the molecule is COc1ccc2c3c1OC1C(=O)CC(O)C4(O)C5N(C)CC5(C2)CC314. The summed E-state index contributed by atoms with van der Waals surface area (Å²) in [7, 11) is 3.58. The van der Waals surface area contributed by atoms with Crippen LogP contribution in [0, 0.1) is 5.41 Å². The molecule has 3 aliphatic carbocycles. The molecular formula is C19H21NO5. The van der Waals surface area contributed by atoms with Crippen molar-refractivity contribution in [3.8, 4) is 11.5 Å². The highest BCUT2D eigenvalue weighted by molar-refractivity contribution is 5.91. The molecule has 6 rings (SSSR count). The summed E-state index contributed by atoms with van der Waals surface area (Å²) in [5, 5.41) is 22.9. The molecule has 2 aliphatic heterocycles. The first-order chi connectivity index (χ1) is 11.9. The Hall–Kier alpha value is -1.63. The summed E-state index contributed by atoms with van der Waals surface area (Å²) >= 11 is 0. The van der Waals surface area contributed by atoms with Gasteiger partial charge in [0.1, 0.15) is 5.60 Å². The van der Waals surface area contributed by atoms with Crippen LogP contribution in [-0.4, -0.2) is 65.4 Å². The van der Waals surface area contributed by atoms with Crippen LogP contribution in [0.2, 0.25) is 0 Å². The highest BCUT2D eigenvalue weighted by Gasteiger charge is 2.85. The van der Waals surface area contributed by atoms with Crippen molar-refractivity contribution in [1.82, 2.24) is 4.90 Å². The first kappa shape index (κ1) is 14.5. The lowest BCUT2D eigenvalue weighted by atomic mass is 9.57. The maximum absolute atomic E-state index is 12.8. The third-order valence-electron chi connectivity index (χ3n) is 7.64. The molecule has 0 amide bonds. The molecule has 2 bridgehead atoms. The maximum Gasteiger partial charge on any atom is 0.177 e. The number of Topliss-reactive ketones (excluding diaryl/α,β-unsaturated/α-hetero) is 1. The molecule has 6 atom stereocenters. The normalized spacial score (nSPS) is 48.5. The van der Waals surface area contributed by atoms with Gasteiger partial charge in [-0.2, -0.15) is 0 Å². The Morgan fingerprint density at radius 2 is 2.20 bits per heavy atom. The third kappa shape index (κ3) is 1.19. The number of rotatable bonds is 1. The predicted molar refractivity (Wildman–Crippen MR) is 86.8 cm³/mol. The van der Waals surface area contributed by atoms with Crippen molar-refractivity contribution >= 4 is 5.78 Å². The first-order valence-corrected chi connectivity index (χ1v) is 8.89. The summed E-state index contributed by atoms with van der Waals surface area (Å²) in [4.78, 5) is 15.0. The average molecular weight is 343 g/mol. The van der Waals surface area contributed by atoms with E-state index in [1.54, 1.807) is 7.11 Å². The number of carbonyl (C=O) groups is 1. The summed E-state index contributed by atoms with van der Waals surface area (Å²) in [5.41, 5.74) is -0.309. The molecule has 6 heteroatoms. The van der Waals surface area contributed by atoms with E-state index in [2.05, 4.69) is 4.90 Å². The summed E-state index contributed by atoms with van der Waals surface area (Å²) in [6.45, 7) is 0.871. The van der Waals surface area contributed by atoms with Gasteiger partial charge in [-0.25, -0.2) is 0 Å². The minimum absolute atomic E-state index is 0.0605. The van der Waals surface area contributed by atoms with Crippen molar-refractivity contribution < 1.29 is 24.5 Å². The number of methoxy groups -OCH3 is 1. The lowest BCUT2D eigenvalue weighted by molar-refractivity contribution is -0.205. The monoisotopic (exact) mass is 343 g/mol. The fourth-order valence-electron chi connectivity index (χ4n) is 7.25. The second-order valence-electron chi connectivity index (χ2n) is 8.65. The number of nitrogens with zero attached hydrogens (tertiary/aromatic N) is 1. The van der Waals surface area contributed by atoms with Crippen molar-refractivity contribution in [2.45, 2.75) is 48.5 Å². The van der Waals surface area contributed by atoms with Gasteiger partial charge in [0.15, 0.2) is 23.4 Å². The number of aliphatic hydroxyl groups is 2. The van der Waals surface area contributed by atoms with Gasteiger partial charge in [0.05, 0.1) is 18.6 Å². The maximum atomic E-state index is 12.8. The second kappa shape index (κ2) is 3.87. The molecule has 0 aromatic heterocycles. The van der Waals surface area contributed by atoms with Crippen molar-refractivity contribution in [1.29, 1.82) is 0 Å². The van der Waals surface area contributed by atoms with E-state index in [1.807, 2.05) is 19.2 Å². The molecular weight excluding hydrogens is 322 g/mol. The second-order valence-corrected chi connectivity index (χ2v) is 8.65. The van der Waals surface area contributed by atoms with Gasteiger partial charge >= 0.3 is 0 Å². The van der Waals surface area contributed by atoms with Crippen molar-refractivity contribution in [3.05, 3.63) is 23.3 Å². The van der Waals surface area contributed by atoms with Gasteiger partial charge in [-0.1, -0.05) is 6.07 Å². The quantitative estimate of drug-likeness (QED) is 0.748. The van der Waals surface area contributed by atoms with Gasteiger partial charge in [0, 0.05) is 30.0 Å². The van der Waals surface area contributed by atoms with Gasteiger partial charge in [-0.3, -0.25) is 9.69 Å². The fourth-order valence-corrected chi connectivity index (χ4v) is 7.25. The van der Waals surface area contributed by atoms with Crippen molar-refractivity contribution in [2.24, 2.45) is 5.41 Å². The zero-order valence-electron chi connectivity index (χ0n) is 14.3. The van der Waals surface area contributed by atoms with Crippen LogP contribution in [0.1, 0.15) is 24.0 Å². The smallest absolute Gasteiger partial charge is 0.177 e. The summed E-state index contributed by atoms with van der Waals surface area (Å²) in [6.07, 6.45) is -0.337. The molecule has 5 aliphatic rings. The standard InChI is InChI=1S/C19H21NO5/c1-20-8-17-6-9-3-4-11(24-2)14-13(9)18(7-17)15(25-14)10(21)5-12(22)19(18,23)16(17)20/h3-4,12,15-16,22-23H,5-8H2,1-2H3. The number of ketones is 1. The van der Waals surface area contributed by atoms with Crippen LogP contribution in [0.15, 0.2) is 12.1 Å². The minimum Gasteiger partial charge on any atom is -0.493 e.